The van der Waals surface area contributed by atoms with E-state index in [9.17, 15) is 0 Å². The van der Waals surface area contributed by atoms with E-state index in [2.05, 4.69) is 86.7 Å². The Kier molecular flexibility index (Phi) is 10.7. The summed E-state index contributed by atoms with van der Waals surface area (Å²) in [6.45, 7) is 4.79. The minimum absolute atomic E-state index is 0. The maximum absolute atomic E-state index is 3.65. The van der Waals surface area contributed by atoms with Crippen LogP contribution in [0.25, 0.3) is 12.2 Å². The summed E-state index contributed by atoms with van der Waals surface area (Å²) in [5, 5.41) is 0. The van der Waals surface area contributed by atoms with E-state index in [1.54, 1.807) is 11.1 Å². The molecule has 5 heteroatoms. The van der Waals surface area contributed by atoms with E-state index in [4.69, 9.17) is 0 Å². The van der Waals surface area contributed by atoms with E-state index in [1.807, 2.05) is 0 Å². The number of hydrogen-bond donors (Lipinski definition) is 0. The first-order chi connectivity index (χ1) is 14.7. The Morgan fingerprint density at radius 1 is 0.667 bits per heavy atom. The van der Waals surface area contributed by atoms with Gasteiger partial charge in [-0.25, -0.2) is 12.2 Å². The number of rotatable bonds is 4. The third-order valence-corrected chi connectivity index (χ3v) is 20.4. The minimum atomic E-state index is -0.977. The molecule has 0 spiro atoms. The molecule has 2 saturated heterocycles. The van der Waals surface area contributed by atoms with Crippen molar-refractivity contribution in [1.82, 2.24) is 0 Å². The molecule has 2 aliphatic carbocycles. The van der Waals surface area contributed by atoms with Gasteiger partial charge in [0.15, 0.2) is 0 Å². The summed E-state index contributed by atoms with van der Waals surface area (Å²) in [5.41, 5.74) is 7.43. The van der Waals surface area contributed by atoms with Crippen molar-refractivity contribution >= 4 is 28.3 Å². The van der Waals surface area contributed by atoms with Crippen molar-refractivity contribution in [2.75, 3.05) is 0 Å². The molecule has 2 atom stereocenters. The summed E-state index contributed by atoms with van der Waals surface area (Å²) < 4.78 is 0. The van der Waals surface area contributed by atoms with Crippen LogP contribution in [0.3, 0.4) is 0 Å². The first kappa shape index (κ1) is 29.0. The molecule has 0 amide bonds. The summed E-state index contributed by atoms with van der Waals surface area (Å²) in [5.74, 6) is 0. The van der Waals surface area contributed by atoms with Gasteiger partial charge in [-0.05, 0) is 0 Å². The molecule has 2 aromatic carbocycles. The van der Waals surface area contributed by atoms with E-state index in [0.717, 1.165) is 0 Å². The molecule has 0 nitrogen and oxygen atoms in total. The van der Waals surface area contributed by atoms with Crippen molar-refractivity contribution in [3.63, 3.8) is 0 Å². The van der Waals surface area contributed by atoms with E-state index >= 15 is 0 Å². The van der Waals surface area contributed by atoms with E-state index in [0.29, 0.717) is 11.1 Å². The summed E-state index contributed by atoms with van der Waals surface area (Å²) in [7, 11) is -1.95. The first-order valence-electron chi connectivity index (χ1n) is 12.1. The smallest absolute Gasteiger partial charge is 1.00 e. The molecule has 0 saturated carbocycles. The molecule has 6 rings (SSSR count). The molecule has 4 aliphatic rings. The van der Waals surface area contributed by atoms with Gasteiger partial charge in [-0.3, -0.25) is 12.2 Å². The van der Waals surface area contributed by atoms with Crippen LogP contribution in [0.4, 0.5) is 0 Å². The molecule has 33 heavy (non-hydrogen) atoms. The van der Waals surface area contributed by atoms with Crippen molar-refractivity contribution in [2.45, 2.75) is 74.0 Å². The zero-order valence-corrected chi connectivity index (χ0v) is 26.9. The van der Waals surface area contributed by atoms with Crippen molar-refractivity contribution in [3.8, 4) is 0 Å². The molecule has 2 aromatic rings. The minimum Gasteiger partial charge on any atom is -1.00 e. The molecule has 2 fully saturated rings. The van der Waals surface area contributed by atoms with Gasteiger partial charge in [0.25, 0.3) is 0 Å². The summed E-state index contributed by atoms with van der Waals surface area (Å²) in [6.07, 6.45) is 14.7. The van der Waals surface area contributed by atoms with Crippen LogP contribution in [0.5, 0.6) is 0 Å². The Bertz CT molecular complexity index is 889. The number of benzene rings is 2. The van der Waals surface area contributed by atoms with Crippen LogP contribution in [-0.4, -0.2) is 16.1 Å². The normalized spacial score (nSPS) is 23.7. The molecule has 0 N–H and O–H groups in total. The summed E-state index contributed by atoms with van der Waals surface area (Å²) in [4.78, 5) is 0. The summed E-state index contributed by atoms with van der Waals surface area (Å²) >= 11 is 0. The standard InChI is InChI=1S/2C14H17Si.2ClH.Hf/c2*1-2-15(10-5-11-15)14-9-8-12-6-3-4-7-13(12)14;;;/h2*3-4,6-8,14H,2,5,10-11H2,1H3;2*1H;/q2*-1;;;+4/p-2. The van der Waals surface area contributed by atoms with Crippen molar-refractivity contribution in [1.29, 1.82) is 0 Å². The van der Waals surface area contributed by atoms with Gasteiger partial charge in [0.2, 0.25) is 0 Å². The van der Waals surface area contributed by atoms with Crippen LogP contribution in [0.1, 0.15) is 60.0 Å². The van der Waals surface area contributed by atoms with Crippen molar-refractivity contribution in [3.05, 3.63) is 82.9 Å². The van der Waals surface area contributed by atoms with Crippen LogP contribution in [0, 0.1) is 12.2 Å². The van der Waals surface area contributed by atoms with Crippen molar-refractivity contribution < 1.29 is 50.7 Å². The predicted molar refractivity (Wildman–Crippen MR) is 135 cm³/mol. The second-order valence-electron chi connectivity index (χ2n) is 9.88. The third kappa shape index (κ3) is 5.19. The monoisotopic (exact) mass is 676 g/mol. The molecule has 2 unspecified atom stereocenters. The fourth-order valence-electron chi connectivity index (χ4n) is 6.30. The predicted octanol–water partition coefficient (Wildman–Crippen LogP) is 2.03. The van der Waals surface area contributed by atoms with E-state index in [1.165, 1.54) is 60.2 Å². The number of halogens is 2. The maximum atomic E-state index is 3.65. The zero-order chi connectivity index (χ0) is 20.6. The zero-order valence-electron chi connectivity index (χ0n) is 19.8. The average molecular weight is 676 g/mol. The fraction of sp³-hybridized carbons (Fsp3) is 0.429. The van der Waals surface area contributed by atoms with Crippen LogP contribution < -0.4 is 24.8 Å². The number of fused-ring (bicyclic) bond motifs is 2. The average Bonchev–Trinajstić information content (AvgIpc) is 3.34. The molecule has 2 heterocycles. The van der Waals surface area contributed by atoms with Crippen LogP contribution >= 0.6 is 0 Å². The van der Waals surface area contributed by atoms with Crippen LogP contribution in [0.15, 0.2) is 48.5 Å². The van der Waals surface area contributed by atoms with Gasteiger partial charge in [-0.15, -0.1) is 23.3 Å². The SMILES string of the molecule is CC[Si]1(C2[C-]=Cc3ccccc32)CCC1.CC[Si]1(C2[C-]=Cc3ccccc32)CCC1.[Cl-].[Cl-].[Hf+4]. The third-order valence-electron chi connectivity index (χ3n) is 8.76. The topological polar surface area (TPSA) is 0 Å². The van der Waals surface area contributed by atoms with Crippen LogP contribution in [0.2, 0.25) is 36.3 Å². The second-order valence-corrected chi connectivity index (χ2v) is 19.9. The summed E-state index contributed by atoms with van der Waals surface area (Å²) in [6, 6.07) is 26.8. The molecular formula is C28H34Cl2HfSi2. The maximum Gasteiger partial charge on any atom is 4.00 e. The molecule has 0 radical (unpaired) electrons. The first-order valence-corrected chi connectivity index (χ1v) is 17.5. The van der Waals surface area contributed by atoms with Crippen molar-refractivity contribution in [2.24, 2.45) is 0 Å². The Hall–Kier alpha value is -0.196. The Labute approximate surface area is 234 Å². The van der Waals surface area contributed by atoms with Gasteiger partial charge in [0.05, 0.1) is 0 Å². The molecule has 0 aromatic heterocycles. The van der Waals surface area contributed by atoms with E-state index in [-0.39, 0.29) is 50.7 Å². The van der Waals surface area contributed by atoms with E-state index < -0.39 is 16.1 Å². The van der Waals surface area contributed by atoms with Gasteiger partial charge in [0.1, 0.15) is 0 Å². The van der Waals surface area contributed by atoms with Gasteiger partial charge in [0, 0.05) is 16.1 Å². The fourth-order valence-corrected chi connectivity index (χ4v) is 14.9. The van der Waals surface area contributed by atoms with Gasteiger partial charge in [-0.2, -0.15) is 11.1 Å². The molecular weight excluding hydrogens is 642 g/mol. The number of hydrogen-bond acceptors (Lipinski definition) is 0. The molecule has 2 aliphatic heterocycles. The van der Waals surface area contributed by atoms with Gasteiger partial charge in [-0.1, -0.05) is 110 Å². The van der Waals surface area contributed by atoms with Gasteiger partial charge >= 0.3 is 25.8 Å². The number of allylic oxidation sites excluding steroid dienone is 2. The van der Waals surface area contributed by atoms with Gasteiger partial charge < -0.3 is 24.8 Å². The second kappa shape index (κ2) is 12.2. The molecule has 172 valence electrons. The Balaban J connectivity index is 0.000000214. The quantitative estimate of drug-likeness (QED) is 0.344. The Morgan fingerprint density at radius 3 is 1.33 bits per heavy atom. The Morgan fingerprint density at radius 2 is 1.03 bits per heavy atom. The molecule has 0 bridgehead atoms. The largest absolute Gasteiger partial charge is 4.00 e. The van der Waals surface area contributed by atoms with Crippen LogP contribution in [-0.2, 0) is 25.8 Å².